The summed E-state index contributed by atoms with van der Waals surface area (Å²) < 4.78 is 5.39. The van der Waals surface area contributed by atoms with Crippen molar-refractivity contribution in [3.63, 3.8) is 0 Å². The van der Waals surface area contributed by atoms with Crippen LogP contribution < -0.4 is 9.64 Å². The number of nitrogens with zero attached hydrogens (tertiary/aromatic N) is 1. The maximum Gasteiger partial charge on any atom is 0.232 e. The predicted octanol–water partition coefficient (Wildman–Crippen LogP) is 5.48. The number of aryl methyl sites for hydroxylation is 2. The Bertz CT molecular complexity index is 1060. The van der Waals surface area contributed by atoms with Crippen molar-refractivity contribution in [1.29, 1.82) is 0 Å². The SMILES string of the molecule is COc1cccc(C2CC(=O)N(c3ccc(C)c(C)c3)C3=C2C(=O)CC(C)(C)C3)c1. The number of ketones is 1. The molecule has 0 spiro atoms. The van der Waals surface area contributed by atoms with Crippen LogP contribution in [0.3, 0.4) is 0 Å². The van der Waals surface area contributed by atoms with E-state index in [1.54, 1.807) is 12.0 Å². The van der Waals surface area contributed by atoms with E-state index in [0.29, 0.717) is 12.8 Å². The number of methoxy groups -OCH3 is 1. The van der Waals surface area contributed by atoms with Crippen LogP contribution in [0.2, 0.25) is 0 Å². The van der Waals surface area contributed by atoms with Crippen LogP contribution in [0, 0.1) is 19.3 Å². The van der Waals surface area contributed by atoms with Crippen molar-refractivity contribution in [2.75, 3.05) is 12.0 Å². The zero-order valence-electron chi connectivity index (χ0n) is 18.4. The molecule has 0 bridgehead atoms. The Kier molecular flexibility index (Phi) is 5.05. The van der Waals surface area contributed by atoms with E-state index in [2.05, 4.69) is 33.8 Å². The first-order valence-electron chi connectivity index (χ1n) is 10.5. The van der Waals surface area contributed by atoms with Crippen LogP contribution in [0.4, 0.5) is 5.69 Å². The van der Waals surface area contributed by atoms with Crippen molar-refractivity contribution in [2.45, 2.75) is 52.9 Å². The molecule has 0 fully saturated rings. The number of amides is 1. The first-order valence-corrected chi connectivity index (χ1v) is 10.5. The predicted molar refractivity (Wildman–Crippen MR) is 119 cm³/mol. The van der Waals surface area contributed by atoms with E-state index in [1.807, 2.05) is 36.4 Å². The fourth-order valence-electron chi connectivity index (χ4n) is 4.72. The Hall–Kier alpha value is -2.88. The zero-order chi connectivity index (χ0) is 21.6. The molecule has 4 rings (SSSR count). The number of Topliss-reactive ketones (excluding diaryl/α,β-unsaturated/α-hetero) is 1. The van der Waals surface area contributed by atoms with Gasteiger partial charge in [-0.25, -0.2) is 0 Å². The molecule has 1 heterocycles. The van der Waals surface area contributed by atoms with Crippen LogP contribution in [0.25, 0.3) is 0 Å². The Balaban J connectivity index is 1.90. The zero-order valence-corrected chi connectivity index (χ0v) is 18.4. The van der Waals surface area contributed by atoms with Crippen molar-refractivity contribution >= 4 is 17.4 Å². The second kappa shape index (κ2) is 7.42. The molecular formula is C26H29NO3. The van der Waals surface area contributed by atoms with Crippen LogP contribution in [0.1, 0.15) is 55.7 Å². The molecule has 1 amide bonds. The number of carbonyl (C=O) groups excluding carboxylic acids is 2. The van der Waals surface area contributed by atoms with Crippen molar-refractivity contribution in [1.82, 2.24) is 0 Å². The molecule has 1 atom stereocenters. The number of hydrogen-bond donors (Lipinski definition) is 0. The normalized spacial score (nSPS) is 21.0. The summed E-state index contributed by atoms with van der Waals surface area (Å²) in [6.07, 6.45) is 1.49. The van der Waals surface area contributed by atoms with E-state index >= 15 is 0 Å². The van der Waals surface area contributed by atoms with Crippen molar-refractivity contribution in [2.24, 2.45) is 5.41 Å². The van der Waals surface area contributed by atoms with Gasteiger partial charge in [0.05, 0.1) is 7.11 Å². The van der Waals surface area contributed by atoms with Gasteiger partial charge in [0.15, 0.2) is 5.78 Å². The fraction of sp³-hybridized carbons (Fsp3) is 0.385. The highest BCUT2D eigenvalue weighted by atomic mass is 16.5. The lowest BCUT2D eigenvalue weighted by Crippen LogP contribution is -2.43. The minimum atomic E-state index is -0.228. The third kappa shape index (κ3) is 3.55. The van der Waals surface area contributed by atoms with Crippen LogP contribution in [-0.4, -0.2) is 18.8 Å². The topological polar surface area (TPSA) is 46.6 Å². The summed E-state index contributed by atoms with van der Waals surface area (Å²) >= 11 is 0. The van der Waals surface area contributed by atoms with Gasteiger partial charge < -0.3 is 4.74 Å². The molecule has 0 aromatic heterocycles. The Morgan fingerprint density at radius 2 is 1.77 bits per heavy atom. The molecule has 156 valence electrons. The van der Waals surface area contributed by atoms with Crippen LogP contribution in [-0.2, 0) is 9.59 Å². The summed E-state index contributed by atoms with van der Waals surface area (Å²) in [5.41, 5.74) is 5.62. The molecule has 30 heavy (non-hydrogen) atoms. The summed E-state index contributed by atoms with van der Waals surface area (Å²) in [7, 11) is 1.63. The van der Waals surface area contributed by atoms with E-state index in [9.17, 15) is 9.59 Å². The highest BCUT2D eigenvalue weighted by Gasteiger charge is 2.44. The van der Waals surface area contributed by atoms with E-state index in [-0.39, 0.29) is 29.4 Å². The van der Waals surface area contributed by atoms with Crippen molar-refractivity contribution in [3.8, 4) is 5.75 Å². The molecule has 0 saturated heterocycles. The summed E-state index contributed by atoms with van der Waals surface area (Å²) in [5.74, 6) is 0.696. The van der Waals surface area contributed by atoms with Crippen LogP contribution in [0.15, 0.2) is 53.7 Å². The fourth-order valence-corrected chi connectivity index (χ4v) is 4.72. The van der Waals surface area contributed by atoms with Gasteiger partial charge in [-0.3, -0.25) is 14.5 Å². The maximum absolute atomic E-state index is 13.5. The molecule has 1 unspecified atom stereocenters. The summed E-state index contributed by atoms with van der Waals surface area (Å²) in [5, 5.41) is 0. The molecule has 2 aromatic rings. The van der Waals surface area contributed by atoms with Crippen LogP contribution in [0.5, 0.6) is 5.75 Å². The number of hydrogen-bond acceptors (Lipinski definition) is 3. The number of carbonyl (C=O) groups is 2. The second-order valence-corrected chi connectivity index (χ2v) is 9.33. The maximum atomic E-state index is 13.5. The van der Waals surface area contributed by atoms with E-state index in [0.717, 1.165) is 33.8 Å². The highest BCUT2D eigenvalue weighted by molar-refractivity contribution is 6.07. The minimum absolute atomic E-state index is 0.0373. The molecule has 4 heteroatoms. The molecule has 1 aliphatic carbocycles. The van der Waals surface area contributed by atoms with Gasteiger partial charge in [-0.2, -0.15) is 0 Å². The molecule has 0 N–H and O–H groups in total. The van der Waals surface area contributed by atoms with E-state index < -0.39 is 0 Å². The number of allylic oxidation sites excluding steroid dienone is 2. The van der Waals surface area contributed by atoms with Gasteiger partial charge in [0, 0.05) is 35.7 Å². The smallest absolute Gasteiger partial charge is 0.232 e. The summed E-state index contributed by atoms with van der Waals surface area (Å²) in [4.78, 5) is 28.6. The Morgan fingerprint density at radius 1 is 1.00 bits per heavy atom. The first-order chi connectivity index (χ1) is 14.2. The molecular weight excluding hydrogens is 374 g/mol. The van der Waals surface area contributed by atoms with Gasteiger partial charge in [-0.1, -0.05) is 32.0 Å². The van der Waals surface area contributed by atoms with E-state index in [1.165, 1.54) is 5.56 Å². The van der Waals surface area contributed by atoms with Gasteiger partial charge in [0.25, 0.3) is 0 Å². The van der Waals surface area contributed by atoms with Gasteiger partial charge in [-0.15, -0.1) is 0 Å². The van der Waals surface area contributed by atoms with Gasteiger partial charge in [0.2, 0.25) is 5.91 Å². The monoisotopic (exact) mass is 403 g/mol. The highest BCUT2D eigenvalue weighted by Crippen LogP contribution is 2.48. The lowest BCUT2D eigenvalue weighted by molar-refractivity contribution is -0.121. The lowest BCUT2D eigenvalue weighted by atomic mass is 9.69. The standard InChI is InChI=1S/C26H29NO3/c1-16-9-10-19(11-17(16)2)27-22-14-26(3,4)15-23(28)25(22)21(13-24(27)29)18-7-6-8-20(12-18)30-5/h6-12,21H,13-15H2,1-5H3. The van der Waals surface area contributed by atoms with Crippen molar-refractivity contribution < 1.29 is 14.3 Å². The van der Waals surface area contributed by atoms with Crippen LogP contribution >= 0.6 is 0 Å². The van der Waals surface area contributed by atoms with Gasteiger partial charge >= 0.3 is 0 Å². The molecule has 4 nitrogen and oxygen atoms in total. The van der Waals surface area contributed by atoms with Gasteiger partial charge in [-0.05, 0) is 66.6 Å². The third-order valence-electron chi connectivity index (χ3n) is 6.39. The molecule has 0 radical (unpaired) electrons. The molecule has 1 aliphatic heterocycles. The molecule has 2 aliphatic rings. The number of ether oxygens (including phenoxy) is 1. The second-order valence-electron chi connectivity index (χ2n) is 9.33. The Labute approximate surface area is 178 Å². The average molecular weight is 404 g/mol. The van der Waals surface area contributed by atoms with Gasteiger partial charge in [0.1, 0.15) is 5.75 Å². The van der Waals surface area contributed by atoms with E-state index in [4.69, 9.17) is 4.74 Å². The molecule has 2 aromatic carbocycles. The first kappa shape index (κ1) is 20.4. The lowest BCUT2D eigenvalue weighted by Gasteiger charge is -2.43. The Morgan fingerprint density at radius 3 is 2.47 bits per heavy atom. The number of rotatable bonds is 3. The minimum Gasteiger partial charge on any atom is -0.497 e. The third-order valence-corrected chi connectivity index (χ3v) is 6.39. The molecule has 0 saturated carbocycles. The number of anilines is 1. The summed E-state index contributed by atoms with van der Waals surface area (Å²) in [6, 6.07) is 13.8. The summed E-state index contributed by atoms with van der Waals surface area (Å²) in [6.45, 7) is 8.32. The van der Waals surface area contributed by atoms with Crippen molar-refractivity contribution in [3.05, 3.63) is 70.4 Å². The average Bonchev–Trinajstić information content (AvgIpc) is 2.68. The largest absolute Gasteiger partial charge is 0.497 e. The number of benzene rings is 2. The quantitative estimate of drug-likeness (QED) is 0.682.